The maximum atomic E-state index is 11.2. The number of rotatable bonds is 9. The van der Waals surface area contributed by atoms with Gasteiger partial charge in [-0.05, 0) is 14.1 Å². The van der Waals surface area contributed by atoms with Crippen molar-refractivity contribution in [3.8, 4) is 0 Å². The van der Waals surface area contributed by atoms with Crippen molar-refractivity contribution in [1.29, 1.82) is 0 Å². The van der Waals surface area contributed by atoms with E-state index in [1.807, 2.05) is 19.0 Å². The van der Waals surface area contributed by atoms with E-state index >= 15 is 0 Å². The Balaban J connectivity index is 3.55. The topological polar surface area (TPSA) is 84.7 Å². The van der Waals surface area contributed by atoms with Crippen molar-refractivity contribution >= 4 is 27.2 Å². The molecule has 6 nitrogen and oxygen atoms in total. The Morgan fingerprint density at radius 3 is 2.56 bits per heavy atom. The third-order valence-electron chi connectivity index (χ3n) is 1.58. The zero-order valence-corrected chi connectivity index (χ0v) is 11.2. The highest BCUT2D eigenvalue weighted by Gasteiger charge is 2.10. The summed E-state index contributed by atoms with van der Waals surface area (Å²) in [6.45, 7) is 1.95. The predicted octanol–water partition coefficient (Wildman–Crippen LogP) is -1.23. The van der Waals surface area contributed by atoms with E-state index in [0.717, 1.165) is 6.54 Å². The highest BCUT2D eigenvalue weighted by atomic mass is 32.2. The number of nitrogens with zero attached hydrogens (tertiary/aromatic N) is 1. The van der Waals surface area contributed by atoms with Crippen molar-refractivity contribution < 1.29 is 13.2 Å². The van der Waals surface area contributed by atoms with Gasteiger partial charge in [-0.1, -0.05) is 12.2 Å². The number of ether oxygens (including phenoxy) is 1. The lowest BCUT2D eigenvalue weighted by Crippen LogP contribution is -2.34. The molecule has 0 aliphatic heterocycles. The first kappa shape index (κ1) is 15.7. The summed E-state index contributed by atoms with van der Waals surface area (Å²) in [5.41, 5.74) is 5.14. The fourth-order valence-electron chi connectivity index (χ4n) is 0.857. The first-order chi connectivity index (χ1) is 7.33. The molecule has 0 fully saturated rings. The third-order valence-corrected chi connectivity index (χ3v) is 3.25. The zero-order chi connectivity index (χ0) is 12.6. The molecule has 0 aromatic rings. The molecule has 0 heterocycles. The van der Waals surface area contributed by atoms with Crippen molar-refractivity contribution in [2.24, 2.45) is 5.73 Å². The highest BCUT2D eigenvalue weighted by molar-refractivity contribution is 7.92. The average molecular weight is 269 g/mol. The summed E-state index contributed by atoms with van der Waals surface area (Å²) in [6, 6.07) is 0. The number of thiocarbonyl (C=S) groups is 1. The standard InChI is InChI=1S/C8H19N3O3S2/c1-11(2)4-6-14-5-3-10-16(12,13)7-8(9)15/h10H,3-7H2,1-2H3,(H2,9,15). The Morgan fingerprint density at radius 2 is 2.06 bits per heavy atom. The Hall–Kier alpha value is -0.280. The minimum Gasteiger partial charge on any atom is -0.392 e. The molecule has 16 heavy (non-hydrogen) atoms. The SMILES string of the molecule is CN(C)CCOCCNS(=O)(=O)CC(N)=S. The van der Waals surface area contributed by atoms with Crippen LogP contribution >= 0.6 is 12.2 Å². The van der Waals surface area contributed by atoms with E-state index in [2.05, 4.69) is 16.9 Å². The van der Waals surface area contributed by atoms with Crippen LogP contribution < -0.4 is 10.5 Å². The summed E-state index contributed by atoms with van der Waals surface area (Å²) in [4.78, 5) is 1.94. The number of nitrogens with two attached hydrogens (primary N) is 1. The first-order valence-electron chi connectivity index (χ1n) is 4.81. The second-order valence-electron chi connectivity index (χ2n) is 3.54. The van der Waals surface area contributed by atoms with Gasteiger partial charge in [-0.15, -0.1) is 0 Å². The smallest absolute Gasteiger partial charge is 0.218 e. The molecule has 0 aromatic heterocycles. The van der Waals surface area contributed by atoms with E-state index in [1.54, 1.807) is 0 Å². The van der Waals surface area contributed by atoms with Crippen molar-refractivity contribution in [3.63, 3.8) is 0 Å². The van der Waals surface area contributed by atoms with Crippen LogP contribution in [0.25, 0.3) is 0 Å². The van der Waals surface area contributed by atoms with Crippen LogP contribution in [-0.2, 0) is 14.8 Å². The largest absolute Gasteiger partial charge is 0.392 e. The van der Waals surface area contributed by atoms with Crippen LogP contribution in [-0.4, -0.2) is 64.5 Å². The van der Waals surface area contributed by atoms with E-state index < -0.39 is 10.0 Å². The molecule has 0 bridgehead atoms. The maximum absolute atomic E-state index is 11.2. The number of sulfonamides is 1. The molecule has 3 N–H and O–H groups in total. The van der Waals surface area contributed by atoms with Gasteiger partial charge in [0.25, 0.3) is 0 Å². The fraction of sp³-hybridized carbons (Fsp3) is 0.875. The van der Waals surface area contributed by atoms with Crippen molar-refractivity contribution in [3.05, 3.63) is 0 Å². The van der Waals surface area contributed by atoms with Crippen LogP contribution in [0.1, 0.15) is 0 Å². The minimum atomic E-state index is -3.39. The summed E-state index contributed by atoms with van der Waals surface area (Å²) in [7, 11) is 0.487. The Morgan fingerprint density at radius 1 is 1.44 bits per heavy atom. The number of hydrogen-bond donors (Lipinski definition) is 2. The molecule has 0 spiro atoms. The van der Waals surface area contributed by atoms with Crippen LogP contribution in [0.2, 0.25) is 0 Å². The molecule has 0 aliphatic rings. The van der Waals surface area contributed by atoms with Gasteiger partial charge in [0.1, 0.15) is 5.75 Å². The predicted molar refractivity (Wildman–Crippen MR) is 67.9 cm³/mol. The molecular weight excluding hydrogens is 250 g/mol. The van der Waals surface area contributed by atoms with Crippen LogP contribution in [0.15, 0.2) is 0 Å². The summed E-state index contributed by atoms with van der Waals surface area (Å²) < 4.78 is 30.0. The van der Waals surface area contributed by atoms with Crippen molar-refractivity contribution in [2.45, 2.75) is 0 Å². The molecular formula is C8H19N3O3S2. The second kappa shape index (κ2) is 7.91. The van der Waals surface area contributed by atoms with E-state index in [-0.39, 0.29) is 17.3 Å². The van der Waals surface area contributed by atoms with Crippen molar-refractivity contribution in [2.75, 3.05) is 46.2 Å². The van der Waals surface area contributed by atoms with Gasteiger partial charge in [0, 0.05) is 13.1 Å². The van der Waals surface area contributed by atoms with Crippen LogP contribution in [0.5, 0.6) is 0 Å². The fourth-order valence-corrected chi connectivity index (χ4v) is 2.19. The highest BCUT2D eigenvalue weighted by Crippen LogP contribution is 1.84. The van der Waals surface area contributed by atoms with Crippen LogP contribution in [0, 0.1) is 0 Å². The van der Waals surface area contributed by atoms with Crippen molar-refractivity contribution in [1.82, 2.24) is 9.62 Å². The van der Waals surface area contributed by atoms with E-state index in [4.69, 9.17) is 10.5 Å². The Labute approximate surface area is 102 Å². The summed E-state index contributed by atoms with van der Waals surface area (Å²) in [5, 5.41) is 0. The van der Waals surface area contributed by atoms with Gasteiger partial charge >= 0.3 is 0 Å². The molecule has 0 rings (SSSR count). The van der Waals surface area contributed by atoms with E-state index in [9.17, 15) is 8.42 Å². The first-order valence-corrected chi connectivity index (χ1v) is 6.87. The monoisotopic (exact) mass is 269 g/mol. The molecule has 0 saturated carbocycles. The number of nitrogens with one attached hydrogen (secondary N) is 1. The van der Waals surface area contributed by atoms with Gasteiger partial charge in [0.05, 0.1) is 18.2 Å². The van der Waals surface area contributed by atoms with E-state index in [1.165, 1.54) is 0 Å². The van der Waals surface area contributed by atoms with Gasteiger partial charge in [0.2, 0.25) is 10.0 Å². The maximum Gasteiger partial charge on any atom is 0.218 e. The second-order valence-corrected chi connectivity index (χ2v) is 5.87. The molecule has 0 aliphatic carbocycles. The normalized spacial score (nSPS) is 11.9. The summed E-state index contributed by atoms with van der Waals surface area (Å²) in [5.74, 6) is -0.319. The van der Waals surface area contributed by atoms with Gasteiger partial charge in [-0.3, -0.25) is 0 Å². The zero-order valence-electron chi connectivity index (χ0n) is 9.60. The minimum absolute atomic E-state index is 0.0407. The lowest BCUT2D eigenvalue weighted by Gasteiger charge is -2.10. The Kier molecular flexibility index (Phi) is 7.77. The van der Waals surface area contributed by atoms with Gasteiger partial charge < -0.3 is 15.4 Å². The molecule has 96 valence electrons. The lowest BCUT2D eigenvalue weighted by atomic mass is 10.6. The third kappa shape index (κ3) is 10.2. The quantitative estimate of drug-likeness (QED) is 0.403. The molecule has 8 heteroatoms. The molecule has 0 atom stereocenters. The Bertz CT molecular complexity index is 304. The van der Waals surface area contributed by atoms with Gasteiger partial charge in [0.15, 0.2) is 0 Å². The van der Waals surface area contributed by atoms with Crippen LogP contribution in [0.4, 0.5) is 0 Å². The summed E-state index contributed by atoms with van der Waals surface area (Å²) >= 11 is 4.51. The van der Waals surface area contributed by atoms with Gasteiger partial charge in [-0.25, -0.2) is 13.1 Å². The lowest BCUT2D eigenvalue weighted by molar-refractivity contribution is 0.122. The number of likely N-dealkylation sites (N-methyl/N-ethyl adjacent to an activating group) is 1. The molecule has 0 saturated heterocycles. The molecule has 0 radical (unpaired) electrons. The summed E-state index contributed by atoms with van der Waals surface area (Å²) in [6.07, 6.45) is 0. The molecule has 0 unspecified atom stereocenters. The van der Waals surface area contributed by atoms with E-state index in [0.29, 0.717) is 13.2 Å². The molecule has 0 amide bonds. The number of hydrogen-bond acceptors (Lipinski definition) is 5. The van der Waals surface area contributed by atoms with Gasteiger partial charge in [-0.2, -0.15) is 0 Å². The molecule has 0 aromatic carbocycles. The average Bonchev–Trinajstić information content (AvgIpc) is 2.08. The van der Waals surface area contributed by atoms with Crippen LogP contribution in [0.3, 0.4) is 0 Å².